The molecule has 2 aromatic rings. The van der Waals surface area contributed by atoms with Gasteiger partial charge >= 0.3 is 23.9 Å². The number of fused-ring (bicyclic) bond motifs is 6. The summed E-state index contributed by atoms with van der Waals surface area (Å²) < 4.78 is 16.1. The molecule has 7 heteroatoms. The lowest BCUT2D eigenvalue weighted by atomic mass is 9.63. The number of ether oxygens (including phenoxy) is 3. The molecule has 0 radical (unpaired) electrons. The molecule has 0 bridgehead atoms. The van der Waals surface area contributed by atoms with Crippen molar-refractivity contribution < 1.29 is 33.4 Å². The summed E-state index contributed by atoms with van der Waals surface area (Å²) in [7, 11) is 0. The number of carbonyl (C=O) groups excluding carboxylic acids is 4. The van der Waals surface area contributed by atoms with E-state index in [2.05, 4.69) is 13.2 Å². The number of carbonyl (C=O) groups is 4. The summed E-state index contributed by atoms with van der Waals surface area (Å²) in [5.74, 6) is -2.43. The first-order valence-electron chi connectivity index (χ1n) is 11.9. The van der Waals surface area contributed by atoms with Gasteiger partial charge in [0.25, 0.3) is 0 Å². The van der Waals surface area contributed by atoms with Gasteiger partial charge in [-0.25, -0.2) is 19.2 Å². The Bertz CT molecular complexity index is 1580. The Morgan fingerprint density at radius 1 is 0.605 bits per heavy atom. The molecule has 7 nitrogen and oxygen atoms in total. The van der Waals surface area contributed by atoms with Crippen molar-refractivity contribution in [1.29, 1.82) is 0 Å². The molecule has 0 saturated heterocycles. The molecule has 0 N–H and O–H groups in total. The van der Waals surface area contributed by atoms with Gasteiger partial charge in [0.15, 0.2) is 0 Å². The third kappa shape index (κ3) is 2.73. The van der Waals surface area contributed by atoms with E-state index in [-0.39, 0.29) is 22.3 Å². The van der Waals surface area contributed by atoms with Crippen molar-refractivity contribution in [2.75, 3.05) is 0 Å². The highest BCUT2D eigenvalue weighted by molar-refractivity contribution is 6.16. The average molecular weight is 504 g/mol. The molecule has 2 aromatic carbocycles. The van der Waals surface area contributed by atoms with Gasteiger partial charge in [-0.15, -0.1) is 0 Å². The van der Waals surface area contributed by atoms with Crippen LogP contribution in [0.15, 0.2) is 96.2 Å². The summed E-state index contributed by atoms with van der Waals surface area (Å²) in [5, 5.41) is 0. The third-order valence-electron chi connectivity index (χ3n) is 7.27. The van der Waals surface area contributed by atoms with E-state index in [1.165, 1.54) is 12.1 Å². The van der Waals surface area contributed by atoms with Crippen LogP contribution in [0.2, 0.25) is 0 Å². The molecule has 0 fully saturated rings. The minimum absolute atomic E-state index is 0.0853. The molecule has 1 spiro atoms. The summed E-state index contributed by atoms with van der Waals surface area (Å²) in [6.45, 7) is 11.9. The van der Waals surface area contributed by atoms with Crippen LogP contribution in [-0.4, -0.2) is 23.9 Å². The molecule has 0 aromatic heterocycles. The zero-order valence-electron chi connectivity index (χ0n) is 20.5. The van der Waals surface area contributed by atoms with Crippen molar-refractivity contribution in [2.45, 2.75) is 19.3 Å². The standard InChI is InChI=1S/C31H20O7/c1-5-9-21-15(7-3)16(8-4)22(10-6-2)31(21)23-11-17-19(29(34)37-27(17)32)13-25(23)36-26-14-20-18(12-24(26)31)28(33)38-30(20)35/h5-14H,3-4H2,1-2H3/b9-5-,10-6-. The Kier molecular flexibility index (Phi) is 4.91. The molecule has 0 unspecified atom stereocenters. The van der Waals surface area contributed by atoms with Crippen LogP contribution in [0, 0.1) is 0 Å². The highest BCUT2D eigenvalue weighted by atomic mass is 16.6. The molecular formula is C31H20O7. The molecule has 6 rings (SSSR count). The largest absolute Gasteiger partial charge is 0.457 e. The van der Waals surface area contributed by atoms with Crippen LogP contribution >= 0.6 is 0 Å². The van der Waals surface area contributed by atoms with Gasteiger partial charge in [-0.05, 0) is 60.4 Å². The first-order chi connectivity index (χ1) is 18.3. The van der Waals surface area contributed by atoms with Gasteiger partial charge in [-0.1, -0.05) is 49.6 Å². The van der Waals surface area contributed by atoms with E-state index in [1.807, 2.05) is 38.2 Å². The number of esters is 4. The predicted molar refractivity (Wildman–Crippen MR) is 137 cm³/mol. The topological polar surface area (TPSA) is 96.0 Å². The third-order valence-corrected chi connectivity index (χ3v) is 7.27. The van der Waals surface area contributed by atoms with Crippen LogP contribution in [0.3, 0.4) is 0 Å². The lowest BCUT2D eigenvalue weighted by molar-refractivity contribution is 0.0425. The quantitative estimate of drug-likeness (QED) is 0.382. The van der Waals surface area contributed by atoms with Crippen molar-refractivity contribution in [1.82, 2.24) is 0 Å². The number of rotatable bonds is 4. The van der Waals surface area contributed by atoms with E-state index in [9.17, 15) is 19.2 Å². The van der Waals surface area contributed by atoms with E-state index >= 15 is 0 Å². The minimum atomic E-state index is -1.13. The summed E-state index contributed by atoms with van der Waals surface area (Å²) in [5.41, 5.74) is 3.56. The van der Waals surface area contributed by atoms with E-state index in [4.69, 9.17) is 14.2 Å². The molecule has 1 aliphatic carbocycles. The van der Waals surface area contributed by atoms with Crippen LogP contribution in [0.25, 0.3) is 0 Å². The van der Waals surface area contributed by atoms with Crippen LogP contribution < -0.4 is 4.74 Å². The molecule has 186 valence electrons. The van der Waals surface area contributed by atoms with Crippen molar-refractivity contribution in [3.05, 3.63) is 130 Å². The van der Waals surface area contributed by atoms with E-state index in [1.54, 1.807) is 24.3 Å². The van der Waals surface area contributed by atoms with Gasteiger partial charge in [0.1, 0.15) is 11.5 Å². The summed E-state index contributed by atoms with van der Waals surface area (Å²) >= 11 is 0. The molecule has 4 aliphatic rings. The van der Waals surface area contributed by atoms with Gasteiger partial charge in [-0.2, -0.15) is 0 Å². The summed E-state index contributed by atoms with van der Waals surface area (Å²) in [6, 6.07) is 6.19. The molecule has 0 saturated carbocycles. The Hall–Kier alpha value is -5.04. The second-order valence-corrected chi connectivity index (χ2v) is 9.06. The maximum Gasteiger partial charge on any atom is 0.347 e. The summed E-state index contributed by atoms with van der Waals surface area (Å²) in [6.07, 6.45) is 11.1. The Morgan fingerprint density at radius 3 is 1.32 bits per heavy atom. The fourth-order valence-electron chi connectivity index (χ4n) is 5.86. The van der Waals surface area contributed by atoms with Crippen LogP contribution in [0.1, 0.15) is 66.4 Å². The van der Waals surface area contributed by atoms with Gasteiger partial charge in [0.05, 0.1) is 27.7 Å². The fraction of sp³-hybridized carbons (Fsp3) is 0.0968. The van der Waals surface area contributed by atoms with Crippen LogP contribution in [0.5, 0.6) is 11.5 Å². The first kappa shape index (κ1) is 23.4. The van der Waals surface area contributed by atoms with Gasteiger partial charge in [0, 0.05) is 11.1 Å². The van der Waals surface area contributed by atoms with Crippen molar-refractivity contribution in [3.63, 3.8) is 0 Å². The molecule has 3 heterocycles. The maximum absolute atomic E-state index is 12.6. The molecular weight excluding hydrogens is 484 g/mol. The van der Waals surface area contributed by atoms with Gasteiger partial charge in [-0.3, -0.25) is 0 Å². The highest BCUT2D eigenvalue weighted by Gasteiger charge is 2.53. The normalized spacial score (nSPS) is 18.6. The van der Waals surface area contributed by atoms with Gasteiger partial charge in [0.2, 0.25) is 0 Å². The second-order valence-electron chi connectivity index (χ2n) is 9.06. The molecule has 0 atom stereocenters. The summed E-state index contributed by atoms with van der Waals surface area (Å²) in [4.78, 5) is 50.1. The van der Waals surface area contributed by atoms with E-state index in [0.717, 1.165) is 22.3 Å². The lowest BCUT2D eigenvalue weighted by Crippen LogP contribution is -2.34. The number of hydrogen-bond donors (Lipinski definition) is 0. The van der Waals surface area contributed by atoms with Gasteiger partial charge < -0.3 is 14.2 Å². The fourth-order valence-corrected chi connectivity index (χ4v) is 5.86. The number of hydrogen-bond acceptors (Lipinski definition) is 7. The molecule has 38 heavy (non-hydrogen) atoms. The van der Waals surface area contributed by atoms with Crippen LogP contribution in [-0.2, 0) is 14.9 Å². The first-order valence-corrected chi connectivity index (χ1v) is 11.9. The predicted octanol–water partition coefficient (Wildman–Crippen LogP) is 5.83. The Labute approximate surface area is 217 Å². The number of cyclic esters (lactones) is 4. The number of benzene rings is 2. The van der Waals surface area contributed by atoms with Crippen molar-refractivity contribution in [3.8, 4) is 11.5 Å². The minimum Gasteiger partial charge on any atom is -0.457 e. The Morgan fingerprint density at radius 2 is 0.974 bits per heavy atom. The van der Waals surface area contributed by atoms with Crippen molar-refractivity contribution in [2.24, 2.45) is 0 Å². The lowest BCUT2D eigenvalue weighted by Gasteiger charge is -2.41. The van der Waals surface area contributed by atoms with E-state index in [0.29, 0.717) is 22.6 Å². The zero-order chi connectivity index (χ0) is 26.9. The monoisotopic (exact) mass is 504 g/mol. The number of allylic oxidation sites excluding steroid dienone is 10. The zero-order valence-corrected chi connectivity index (χ0v) is 20.5. The second kappa shape index (κ2) is 7.98. The van der Waals surface area contributed by atoms with E-state index < -0.39 is 29.3 Å². The molecule has 0 amide bonds. The van der Waals surface area contributed by atoms with Crippen LogP contribution in [0.4, 0.5) is 0 Å². The average Bonchev–Trinajstić information content (AvgIpc) is 3.44. The highest BCUT2D eigenvalue weighted by Crippen LogP contribution is 2.62. The van der Waals surface area contributed by atoms with Crippen molar-refractivity contribution >= 4 is 23.9 Å². The smallest absolute Gasteiger partial charge is 0.347 e. The molecule has 3 aliphatic heterocycles. The SMILES string of the molecule is C=CC1=C(/C=C\C)C2(C(/C=C\C)=C1C=C)c1cc3c(cc1Oc1cc4c(cc12)C(=O)OC4=O)C(=O)OC3=O. The Balaban J connectivity index is 1.84. The maximum atomic E-state index is 12.6.